The van der Waals surface area contributed by atoms with E-state index in [4.69, 9.17) is 14.2 Å². The molecule has 7 nitrogen and oxygen atoms in total. The quantitative estimate of drug-likeness (QED) is 0.473. The van der Waals surface area contributed by atoms with E-state index in [9.17, 15) is 0 Å². The van der Waals surface area contributed by atoms with Crippen LogP contribution in [0.1, 0.15) is 25.0 Å². The number of hydrogen-bond acceptors (Lipinski definition) is 6. The number of H-pyrrole nitrogens is 1. The minimum atomic E-state index is 0.484. The monoisotopic (exact) mass is 418 g/mol. The normalized spacial score (nSPS) is 14.8. The number of aromatic amines is 1. The van der Waals surface area contributed by atoms with Crippen molar-refractivity contribution >= 4 is 21.8 Å². The summed E-state index contributed by atoms with van der Waals surface area (Å²) in [4.78, 5) is 14.4. The molecule has 1 saturated heterocycles. The third kappa shape index (κ3) is 4.14. The Labute approximate surface area is 181 Å². The summed E-state index contributed by atoms with van der Waals surface area (Å²) >= 11 is 0. The lowest BCUT2D eigenvalue weighted by Gasteiger charge is -2.26. The van der Waals surface area contributed by atoms with Crippen molar-refractivity contribution in [1.29, 1.82) is 0 Å². The molecule has 4 aromatic rings. The fraction of sp³-hybridized carbons (Fsp3) is 0.333. The van der Waals surface area contributed by atoms with Crippen molar-refractivity contribution in [2.75, 3.05) is 26.9 Å². The Hall–Kier alpha value is -3.32. The number of methoxy groups -OCH3 is 1. The van der Waals surface area contributed by atoms with Gasteiger partial charge in [0, 0.05) is 35.8 Å². The molecule has 1 fully saturated rings. The number of rotatable bonds is 6. The molecule has 1 aliphatic heterocycles. The van der Waals surface area contributed by atoms with Crippen molar-refractivity contribution in [2.45, 2.75) is 26.2 Å². The van der Waals surface area contributed by atoms with E-state index in [2.05, 4.69) is 25.9 Å². The van der Waals surface area contributed by atoms with Crippen LogP contribution in [0.15, 0.2) is 42.7 Å². The number of ether oxygens (including phenoxy) is 3. The Balaban J connectivity index is 1.43. The van der Waals surface area contributed by atoms with Crippen molar-refractivity contribution < 1.29 is 14.2 Å². The smallest absolute Gasteiger partial charge is 0.230 e. The van der Waals surface area contributed by atoms with Crippen LogP contribution in [0.2, 0.25) is 0 Å². The van der Waals surface area contributed by atoms with Gasteiger partial charge in [-0.15, -0.1) is 0 Å². The molecule has 0 unspecified atom stereocenters. The third-order valence-corrected chi connectivity index (χ3v) is 5.68. The van der Waals surface area contributed by atoms with Crippen molar-refractivity contribution in [3.63, 3.8) is 0 Å². The third-order valence-electron chi connectivity index (χ3n) is 5.68. The van der Waals surface area contributed by atoms with Gasteiger partial charge in [-0.1, -0.05) is 6.42 Å². The summed E-state index contributed by atoms with van der Waals surface area (Å²) in [5, 5.41) is 1.87. The van der Waals surface area contributed by atoms with Gasteiger partial charge in [-0.05, 0) is 50.1 Å². The van der Waals surface area contributed by atoms with Crippen LogP contribution in [0.25, 0.3) is 21.8 Å². The van der Waals surface area contributed by atoms with Gasteiger partial charge < -0.3 is 19.2 Å². The highest BCUT2D eigenvalue weighted by molar-refractivity contribution is 5.87. The summed E-state index contributed by atoms with van der Waals surface area (Å²) in [6.45, 7) is 4.73. The van der Waals surface area contributed by atoms with E-state index in [-0.39, 0.29) is 0 Å². The number of fused-ring (bicyclic) bond motifs is 2. The molecule has 31 heavy (non-hydrogen) atoms. The maximum atomic E-state index is 6.13. The van der Waals surface area contributed by atoms with Crippen molar-refractivity contribution in [1.82, 2.24) is 19.9 Å². The number of hydrogen-bond donors (Lipinski definition) is 1. The molecule has 0 spiro atoms. The minimum Gasteiger partial charge on any atom is -0.493 e. The molecule has 0 atom stereocenters. The second-order valence-electron chi connectivity index (χ2n) is 7.95. The van der Waals surface area contributed by atoms with E-state index in [1.165, 1.54) is 25.6 Å². The van der Waals surface area contributed by atoms with Gasteiger partial charge in [0.05, 0.1) is 18.0 Å². The van der Waals surface area contributed by atoms with Crippen LogP contribution in [0.4, 0.5) is 0 Å². The average molecular weight is 418 g/mol. The van der Waals surface area contributed by atoms with Gasteiger partial charge in [0.25, 0.3) is 0 Å². The lowest BCUT2D eigenvalue weighted by molar-refractivity contribution is 0.104. The molecule has 2 aromatic carbocycles. The molecular weight excluding hydrogens is 392 g/mol. The molecule has 0 aliphatic carbocycles. The number of nitrogens with zero attached hydrogens (tertiary/aromatic N) is 3. The Morgan fingerprint density at radius 2 is 1.87 bits per heavy atom. The number of likely N-dealkylation sites (tertiary alicyclic amines) is 1. The van der Waals surface area contributed by atoms with E-state index in [1.54, 1.807) is 7.11 Å². The molecule has 2 aromatic heterocycles. The van der Waals surface area contributed by atoms with Gasteiger partial charge in [-0.3, -0.25) is 4.90 Å². The van der Waals surface area contributed by atoms with E-state index >= 15 is 0 Å². The van der Waals surface area contributed by atoms with Gasteiger partial charge in [0.2, 0.25) is 5.88 Å². The highest BCUT2D eigenvalue weighted by Crippen LogP contribution is 2.36. The fourth-order valence-electron chi connectivity index (χ4n) is 4.07. The van der Waals surface area contributed by atoms with Gasteiger partial charge in [-0.2, -0.15) is 0 Å². The second kappa shape index (κ2) is 8.43. The van der Waals surface area contributed by atoms with Crippen LogP contribution >= 0.6 is 0 Å². The predicted octanol–water partition coefficient (Wildman–Crippen LogP) is 5.04. The fourth-order valence-corrected chi connectivity index (χ4v) is 4.07. The molecule has 160 valence electrons. The average Bonchev–Trinajstić information content (AvgIpc) is 3.17. The molecular formula is C24H26N4O3. The topological polar surface area (TPSA) is 72.5 Å². The maximum absolute atomic E-state index is 6.13. The van der Waals surface area contributed by atoms with Crippen LogP contribution in [-0.2, 0) is 0 Å². The number of aromatic nitrogens is 3. The Morgan fingerprint density at radius 1 is 1.00 bits per heavy atom. The number of benzene rings is 2. The largest absolute Gasteiger partial charge is 0.493 e. The Kier molecular flexibility index (Phi) is 5.34. The molecule has 0 saturated carbocycles. The van der Waals surface area contributed by atoms with Crippen molar-refractivity contribution in [3.05, 3.63) is 48.4 Å². The predicted molar refractivity (Wildman–Crippen MR) is 120 cm³/mol. The van der Waals surface area contributed by atoms with E-state index in [0.29, 0.717) is 24.1 Å². The van der Waals surface area contributed by atoms with Crippen molar-refractivity contribution in [2.24, 2.45) is 0 Å². The molecule has 0 radical (unpaired) electrons. The molecule has 1 N–H and O–H groups in total. The maximum Gasteiger partial charge on any atom is 0.230 e. The van der Waals surface area contributed by atoms with Crippen LogP contribution in [-0.4, -0.2) is 46.8 Å². The lowest BCUT2D eigenvalue weighted by atomic mass is 10.1. The zero-order chi connectivity index (χ0) is 21.2. The molecule has 3 heterocycles. The SMILES string of the molecule is COc1cc2c(Oc3ccc4[nH]c(C)cc4c3)ncnc2cc1OCN1CCCCC1. The summed E-state index contributed by atoms with van der Waals surface area (Å²) in [7, 11) is 1.64. The zero-order valence-electron chi connectivity index (χ0n) is 17.9. The van der Waals surface area contributed by atoms with Crippen molar-refractivity contribution in [3.8, 4) is 23.1 Å². The number of piperidine rings is 1. The molecule has 7 heteroatoms. The van der Waals surface area contributed by atoms with Gasteiger partial charge in [0.1, 0.15) is 18.8 Å². The second-order valence-corrected chi connectivity index (χ2v) is 7.95. The first-order chi connectivity index (χ1) is 15.2. The van der Waals surface area contributed by atoms with Gasteiger partial charge in [0.15, 0.2) is 11.5 Å². The first-order valence-electron chi connectivity index (χ1n) is 10.6. The number of nitrogens with one attached hydrogen (secondary N) is 1. The highest BCUT2D eigenvalue weighted by Gasteiger charge is 2.16. The van der Waals surface area contributed by atoms with Gasteiger partial charge in [-0.25, -0.2) is 9.97 Å². The minimum absolute atomic E-state index is 0.484. The van der Waals surface area contributed by atoms with Crippen LogP contribution in [0, 0.1) is 6.92 Å². The number of aryl methyl sites for hydroxylation is 1. The molecule has 5 rings (SSSR count). The van der Waals surface area contributed by atoms with Gasteiger partial charge >= 0.3 is 0 Å². The molecule has 0 amide bonds. The highest BCUT2D eigenvalue weighted by atomic mass is 16.5. The summed E-state index contributed by atoms with van der Waals surface area (Å²) in [5.41, 5.74) is 2.94. The standard InChI is InChI=1S/C24H26N4O3/c1-16-10-17-11-18(6-7-20(17)27-16)31-24-19-12-22(29-2)23(13-21(19)25-14-26-24)30-15-28-8-4-3-5-9-28/h6-7,10-14,27H,3-5,8-9,15H2,1-2H3. The molecule has 0 bridgehead atoms. The Bertz CT molecular complexity index is 1210. The zero-order valence-corrected chi connectivity index (χ0v) is 17.9. The van der Waals surface area contributed by atoms with Crippen LogP contribution in [0.5, 0.6) is 23.1 Å². The van der Waals surface area contributed by atoms with Crippen LogP contribution in [0.3, 0.4) is 0 Å². The van der Waals surface area contributed by atoms with Crippen LogP contribution < -0.4 is 14.2 Å². The summed E-state index contributed by atoms with van der Waals surface area (Å²) in [5.74, 6) is 2.52. The van der Waals surface area contributed by atoms with E-state index in [0.717, 1.165) is 46.3 Å². The lowest BCUT2D eigenvalue weighted by Crippen LogP contribution is -2.33. The summed E-state index contributed by atoms with van der Waals surface area (Å²) in [6.07, 6.45) is 5.25. The Morgan fingerprint density at radius 3 is 2.71 bits per heavy atom. The molecule has 1 aliphatic rings. The summed E-state index contributed by atoms with van der Waals surface area (Å²) in [6, 6.07) is 11.8. The first kappa shape index (κ1) is 19.6. The van der Waals surface area contributed by atoms with E-state index in [1.807, 2.05) is 37.3 Å². The summed E-state index contributed by atoms with van der Waals surface area (Å²) < 4.78 is 17.8. The first-order valence-corrected chi connectivity index (χ1v) is 10.6. The van der Waals surface area contributed by atoms with E-state index < -0.39 is 0 Å².